The summed E-state index contributed by atoms with van der Waals surface area (Å²) in [4.78, 5) is 37.6. The predicted molar refractivity (Wildman–Crippen MR) is 113 cm³/mol. The standard InChI is InChI=1S/C19H29ClN6O4/c1-11(2)22-18(28)23-12-3-5-13(6-4-12)24-19(29)30-14-7-8-26(10-14)15-9-21-25-17(27)16(15)20/h9,11-14H,3-8,10H2,1-2H3,(H,24,29)(H,25,27)(H2,22,23,28)/t12-,13-,14-/m1/s1. The lowest BCUT2D eigenvalue weighted by atomic mass is 9.91. The van der Waals surface area contributed by atoms with Gasteiger partial charge in [-0.25, -0.2) is 14.7 Å². The van der Waals surface area contributed by atoms with Crippen LogP contribution in [0.25, 0.3) is 0 Å². The lowest BCUT2D eigenvalue weighted by molar-refractivity contribution is 0.102. The maximum absolute atomic E-state index is 12.3. The Hall–Kier alpha value is -2.49. The molecule has 1 aliphatic heterocycles. The van der Waals surface area contributed by atoms with Crippen LogP contribution < -0.4 is 26.4 Å². The molecule has 0 spiro atoms. The first kappa shape index (κ1) is 22.2. The summed E-state index contributed by atoms with van der Waals surface area (Å²) >= 11 is 6.05. The number of carbonyl (C=O) groups is 2. The molecule has 30 heavy (non-hydrogen) atoms. The number of amides is 3. The molecule has 1 aromatic rings. The van der Waals surface area contributed by atoms with Crippen molar-refractivity contribution in [3.05, 3.63) is 21.6 Å². The van der Waals surface area contributed by atoms with Gasteiger partial charge in [0, 0.05) is 31.1 Å². The summed E-state index contributed by atoms with van der Waals surface area (Å²) in [5, 5.41) is 14.9. The zero-order valence-corrected chi connectivity index (χ0v) is 18.0. The van der Waals surface area contributed by atoms with Gasteiger partial charge in [-0.2, -0.15) is 5.10 Å². The second-order valence-electron chi connectivity index (χ2n) is 8.13. The Labute approximate surface area is 180 Å². The van der Waals surface area contributed by atoms with E-state index < -0.39 is 11.7 Å². The number of halogens is 1. The molecule has 11 heteroatoms. The number of nitrogens with one attached hydrogen (secondary N) is 4. The highest BCUT2D eigenvalue weighted by Crippen LogP contribution is 2.26. The van der Waals surface area contributed by atoms with Crippen LogP contribution in [-0.4, -0.2) is 59.6 Å². The molecule has 1 saturated heterocycles. The number of anilines is 1. The number of ether oxygens (including phenoxy) is 1. The van der Waals surface area contributed by atoms with Gasteiger partial charge < -0.3 is 25.6 Å². The highest BCUT2D eigenvalue weighted by Gasteiger charge is 2.29. The lowest BCUT2D eigenvalue weighted by Gasteiger charge is -2.30. The molecule has 0 radical (unpaired) electrons. The maximum Gasteiger partial charge on any atom is 0.407 e. The predicted octanol–water partition coefficient (Wildman–Crippen LogP) is 1.75. The molecule has 1 aliphatic carbocycles. The summed E-state index contributed by atoms with van der Waals surface area (Å²) in [5.74, 6) is 0. The third-order valence-corrected chi connectivity index (χ3v) is 5.71. The van der Waals surface area contributed by atoms with Crippen LogP contribution in [0, 0.1) is 0 Å². The number of hydrogen-bond acceptors (Lipinski definition) is 6. The van der Waals surface area contributed by atoms with E-state index in [4.69, 9.17) is 16.3 Å². The van der Waals surface area contributed by atoms with Gasteiger partial charge in [-0.3, -0.25) is 4.79 Å². The summed E-state index contributed by atoms with van der Waals surface area (Å²) in [5.41, 5.74) is 0.0994. The van der Waals surface area contributed by atoms with E-state index in [2.05, 4.69) is 26.1 Å². The van der Waals surface area contributed by atoms with Crippen LogP contribution in [0.1, 0.15) is 46.0 Å². The first-order chi connectivity index (χ1) is 14.3. The van der Waals surface area contributed by atoms with Gasteiger partial charge >= 0.3 is 12.1 Å². The minimum absolute atomic E-state index is 0.0348. The van der Waals surface area contributed by atoms with Crippen LogP contribution >= 0.6 is 11.6 Å². The number of aromatic amines is 1. The van der Waals surface area contributed by atoms with Crippen molar-refractivity contribution in [2.75, 3.05) is 18.0 Å². The van der Waals surface area contributed by atoms with Crippen LogP contribution in [0.2, 0.25) is 5.02 Å². The fraction of sp³-hybridized carbons (Fsp3) is 0.684. The third kappa shape index (κ3) is 6.01. The summed E-state index contributed by atoms with van der Waals surface area (Å²) < 4.78 is 5.55. The summed E-state index contributed by atoms with van der Waals surface area (Å²) in [6, 6.07) is 0.0996. The number of hydrogen-bond donors (Lipinski definition) is 4. The number of H-pyrrole nitrogens is 1. The van der Waals surface area contributed by atoms with Gasteiger partial charge in [-0.1, -0.05) is 11.6 Å². The van der Waals surface area contributed by atoms with Gasteiger partial charge in [0.25, 0.3) is 5.56 Å². The van der Waals surface area contributed by atoms with Gasteiger partial charge in [0.15, 0.2) is 0 Å². The zero-order valence-electron chi connectivity index (χ0n) is 17.2. The fourth-order valence-corrected chi connectivity index (χ4v) is 4.07. The average Bonchev–Trinajstić information content (AvgIpc) is 3.13. The molecule has 166 valence electrons. The van der Waals surface area contributed by atoms with Crippen molar-refractivity contribution in [2.45, 2.75) is 70.2 Å². The van der Waals surface area contributed by atoms with E-state index in [1.165, 1.54) is 6.20 Å². The van der Waals surface area contributed by atoms with Crippen LogP contribution in [-0.2, 0) is 4.74 Å². The second-order valence-corrected chi connectivity index (χ2v) is 8.50. The third-order valence-electron chi connectivity index (χ3n) is 5.34. The highest BCUT2D eigenvalue weighted by molar-refractivity contribution is 6.33. The molecular weight excluding hydrogens is 412 g/mol. The molecule has 2 fully saturated rings. The highest BCUT2D eigenvalue weighted by atomic mass is 35.5. The van der Waals surface area contributed by atoms with Crippen molar-refractivity contribution in [3.63, 3.8) is 0 Å². The van der Waals surface area contributed by atoms with E-state index in [0.29, 0.717) is 25.2 Å². The number of nitrogens with zero attached hydrogens (tertiary/aromatic N) is 2. The van der Waals surface area contributed by atoms with Gasteiger partial charge in [0.1, 0.15) is 11.1 Å². The summed E-state index contributed by atoms with van der Waals surface area (Å²) in [6.07, 6.45) is 4.62. The van der Waals surface area contributed by atoms with E-state index in [-0.39, 0.29) is 35.3 Å². The Morgan fingerprint density at radius 2 is 1.87 bits per heavy atom. The van der Waals surface area contributed by atoms with E-state index in [9.17, 15) is 14.4 Å². The molecule has 1 saturated carbocycles. The topological polar surface area (TPSA) is 128 Å². The molecule has 2 aliphatic rings. The number of urea groups is 1. The van der Waals surface area contributed by atoms with Crippen molar-refractivity contribution in [3.8, 4) is 0 Å². The minimum Gasteiger partial charge on any atom is -0.444 e. The second kappa shape index (κ2) is 10.0. The molecule has 0 bridgehead atoms. The Balaban J connectivity index is 1.39. The molecule has 2 heterocycles. The van der Waals surface area contributed by atoms with Crippen molar-refractivity contribution in [1.29, 1.82) is 0 Å². The first-order valence-electron chi connectivity index (χ1n) is 10.3. The lowest BCUT2D eigenvalue weighted by Crippen LogP contribution is -2.48. The zero-order chi connectivity index (χ0) is 21.7. The molecule has 0 aromatic carbocycles. The molecule has 4 N–H and O–H groups in total. The summed E-state index contributed by atoms with van der Waals surface area (Å²) in [6.45, 7) is 4.92. The number of aromatic nitrogens is 2. The van der Waals surface area contributed by atoms with Crippen molar-refractivity contribution in [1.82, 2.24) is 26.1 Å². The average molecular weight is 441 g/mol. The normalized spacial score (nSPS) is 23.9. The molecule has 0 unspecified atom stereocenters. The van der Waals surface area contributed by atoms with Crippen molar-refractivity contribution >= 4 is 29.4 Å². The summed E-state index contributed by atoms with van der Waals surface area (Å²) in [7, 11) is 0. The van der Waals surface area contributed by atoms with Crippen molar-refractivity contribution in [2.24, 2.45) is 0 Å². The van der Waals surface area contributed by atoms with Gasteiger partial charge in [-0.05, 0) is 39.5 Å². The van der Waals surface area contributed by atoms with Gasteiger partial charge in [0.05, 0.1) is 18.4 Å². The van der Waals surface area contributed by atoms with Crippen LogP contribution in [0.15, 0.2) is 11.0 Å². The Bertz CT molecular complexity index is 808. The first-order valence-corrected chi connectivity index (χ1v) is 10.7. The smallest absolute Gasteiger partial charge is 0.407 e. The Morgan fingerprint density at radius 1 is 1.20 bits per heavy atom. The maximum atomic E-state index is 12.3. The van der Waals surface area contributed by atoms with Crippen LogP contribution in [0.3, 0.4) is 0 Å². The van der Waals surface area contributed by atoms with E-state index in [1.807, 2.05) is 18.7 Å². The minimum atomic E-state index is -0.442. The Morgan fingerprint density at radius 3 is 2.53 bits per heavy atom. The molecule has 1 atom stereocenters. The molecule has 3 rings (SSSR count). The van der Waals surface area contributed by atoms with Crippen LogP contribution in [0.5, 0.6) is 0 Å². The molecular formula is C19H29ClN6O4. The fourth-order valence-electron chi connectivity index (χ4n) is 3.86. The van der Waals surface area contributed by atoms with Crippen molar-refractivity contribution < 1.29 is 14.3 Å². The molecule has 1 aromatic heterocycles. The quantitative estimate of drug-likeness (QED) is 0.552. The molecule has 10 nitrogen and oxygen atoms in total. The number of alkyl carbamates (subject to hydrolysis) is 1. The SMILES string of the molecule is CC(C)NC(=O)N[C@H]1CC[C@H](NC(=O)O[C@@H]2CCN(c3cn[nH]c(=O)c3Cl)C2)CC1. The number of carbonyl (C=O) groups excluding carboxylic acids is 2. The van der Waals surface area contributed by atoms with E-state index >= 15 is 0 Å². The van der Waals surface area contributed by atoms with E-state index in [1.54, 1.807) is 0 Å². The largest absolute Gasteiger partial charge is 0.444 e. The Kier molecular flexibility index (Phi) is 7.41. The molecule has 3 amide bonds. The van der Waals surface area contributed by atoms with E-state index in [0.717, 1.165) is 25.7 Å². The van der Waals surface area contributed by atoms with Gasteiger partial charge in [-0.15, -0.1) is 0 Å². The van der Waals surface area contributed by atoms with Gasteiger partial charge in [0.2, 0.25) is 0 Å². The van der Waals surface area contributed by atoms with Crippen LogP contribution in [0.4, 0.5) is 15.3 Å². The monoisotopic (exact) mass is 440 g/mol. The number of rotatable bonds is 5.